The first-order valence-electron chi connectivity index (χ1n) is 8.50. The van der Waals surface area contributed by atoms with Crippen LogP contribution in [0.2, 0.25) is 0 Å². The van der Waals surface area contributed by atoms with Gasteiger partial charge in [0.15, 0.2) is 0 Å². The van der Waals surface area contributed by atoms with Gasteiger partial charge in [-0.15, -0.1) is 11.8 Å². The second-order valence-electron chi connectivity index (χ2n) is 5.48. The van der Waals surface area contributed by atoms with Gasteiger partial charge in [0.05, 0.1) is 12.8 Å². The van der Waals surface area contributed by atoms with Crippen molar-refractivity contribution in [2.45, 2.75) is 31.1 Å². The maximum Gasteiger partial charge on any atom is 0.240 e. The summed E-state index contributed by atoms with van der Waals surface area (Å²) in [4.78, 5) is 12.9. The van der Waals surface area contributed by atoms with Crippen LogP contribution in [0.5, 0.6) is 5.75 Å². The van der Waals surface area contributed by atoms with Gasteiger partial charge < -0.3 is 4.74 Å². The van der Waals surface area contributed by atoms with Gasteiger partial charge in [-0.1, -0.05) is 31.5 Å². The Hall–Kier alpha value is -2.27. The zero-order valence-electron chi connectivity index (χ0n) is 14.5. The van der Waals surface area contributed by atoms with E-state index in [1.807, 2.05) is 54.6 Å². The van der Waals surface area contributed by atoms with E-state index >= 15 is 0 Å². The molecule has 0 heterocycles. The quantitative estimate of drug-likeness (QED) is 0.295. The van der Waals surface area contributed by atoms with Crippen LogP contribution in [0.3, 0.4) is 0 Å². The van der Waals surface area contributed by atoms with Crippen molar-refractivity contribution >= 4 is 23.9 Å². The number of carbonyl (C=O) groups excluding carboxylic acids is 1. The molecule has 2 rings (SSSR count). The summed E-state index contributed by atoms with van der Waals surface area (Å²) in [7, 11) is 0. The molecular weight excluding hydrogens is 332 g/mol. The first-order chi connectivity index (χ1) is 12.3. The number of hydrogen-bond donors (Lipinski definition) is 1. The lowest BCUT2D eigenvalue weighted by atomic mass is 10.2. The lowest BCUT2D eigenvalue weighted by molar-refractivity contribution is -0.120. The average molecular weight is 356 g/mol. The van der Waals surface area contributed by atoms with Gasteiger partial charge in [-0.25, -0.2) is 5.43 Å². The molecule has 0 aromatic heterocycles. The minimum absolute atomic E-state index is 0.0841. The molecule has 0 atom stereocenters. The van der Waals surface area contributed by atoms with E-state index in [-0.39, 0.29) is 5.91 Å². The van der Waals surface area contributed by atoms with E-state index in [0.717, 1.165) is 36.5 Å². The van der Waals surface area contributed by atoms with Crippen molar-refractivity contribution in [1.82, 2.24) is 5.43 Å². The fourth-order valence-electron chi connectivity index (χ4n) is 2.00. The number of nitrogens with zero attached hydrogens (tertiary/aromatic N) is 1. The molecule has 5 heteroatoms. The fourth-order valence-corrected chi connectivity index (χ4v) is 2.87. The number of ether oxygens (including phenoxy) is 1. The lowest BCUT2D eigenvalue weighted by Crippen LogP contribution is -2.17. The summed E-state index contributed by atoms with van der Waals surface area (Å²) in [6.45, 7) is 2.87. The van der Waals surface area contributed by atoms with Crippen molar-refractivity contribution in [3.63, 3.8) is 0 Å². The largest absolute Gasteiger partial charge is 0.494 e. The summed E-state index contributed by atoms with van der Waals surface area (Å²) in [5.41, 5.74) is 3.48. The zero-order valence-corrected chi connectivity index (χ0v) is 15.3. The number of amides is 1. The summed E-state index contributed by atoms with van der Waals surface area (Å²) in [5.74, 6) is 1.50. The highest BCUT2D eigenvalue weighted by Gasteiger charge is 2.00. The van der Waals surface area contributed by atoms with Crippen molar-refractivity contribution < 1.29 is 9.53 Å². The summed E-state index contributed by atoms with van der Waals surface area (Å²) in [6.07, 6.45) is 4.24. The van der Waals surface area contributed by atoms with Crippen LogP contribution in [0.25, 0.3) is 0 Å². The molecule has 0 fully saturated rings. The molecular formula is C20H24N2O2S. The summed E-state index contributed by atoms with van der Waals surface area (Å²) in [6, 6.07) is 17.7. The Morgan fingerprint density at radius 1 is 1.16 bits per heavy atom. The number of rotatable bonds is 10. The third-order valence-corrected chi connectivity index (χ3v) is 4.40. The Morgan fingerprint density at radius 2 is 1.92 bits per heavy atom. The van der Waals surface area contributed by atoms with Crippen LogP contribution in [0.1, 0.15) is 31.7 Å². The minimum Gasteiger partial charge on any atom is -0.494 e. The number of unbranched alkanes of at least 4 members (excludes halogenated alkanes) is 1. The highest BCUT2D eigenvalue weighted by atomic mass is 32.2. The molecule has 0 saturated heterocycles. The highest BCUT2D eigenvalue weighted by Crippen LogP contribution is 2.17. The predicted octanol–water partition coefficient (Wildman–Crippen LogP) is 4.50. The van der Waals surface area contributed by atoms with E-state index in [4.69, 9.17) is 4.74 Å². The molecule has 0 aliphatic rings. The smallest absolute Gasteiger partial charge is 0.240 e. The van der Waals surface area contributed by atoms with E-state index in [1.54, 1.807) is 18.0 Å². The maximum absolute atomic E-state index is 11.8. The van der Waals surface area contributed by atoms with Crippen LogP contribution in [0.15, 0.2) is 64.6 Å². The second kappa shape index (κ2) is 11.3. The number of hydrogen-bond acceptors (Lipinski definition) is 4. The van der Waals surface area contributed by atoms with Gasteiger partial charge >= 0.3 is 0 Å². The van der Waals surface area contributed by atoms with Gasteiger partial charge in [0.25, 0.3) is 0 Å². The number of thioether (sulfide) groups is 1. The SMILES string of the molecule is CCCCOc1ccc(/C=N/NC(=O)CCSc2ccccc2)cc1. The molecule has 1 N–H and O–H groups in total. The Morgan fingerprint density at radius 3 is 2.64 bits per heavy atom. The van der Waals surface area contributed by atoms with E-state index in [0.29, 0.717) is 6.42 Å². The molecule has 25 heavy (non-hydrogen) atoms. The Kier molecular flexibility index (Phi) is 8.63. The molecule has 0 aliphatic carbocycles. The highest BCUT2D eigenvalue weighted by molar-refractivity contribution is 7.99. The van der Waals surface area contributed by atoms with Gasteiger partial charge in [-0.3, -0.25) is 4.79 Å². The van der Waals surface area contributed by atoms with Crippen molar-refractivity contribution in [3.05, 3.63) is 60.2 Å². The summed E-state index contributed by atoms with van der Waals surface area (Å²) >= 11 is 1.66. The fraction of sp³-hybridized carbons (Fsp3) is 0.300. The van der Waals surface area contributed by atoms with E-state index < -0.39 is 0 Å². The van der Waals surface area contributed by atoms with E-state index in [9.17, 15) is 4.79 Å². The third-order valence-electron chi connectivity index (χ3n) is 3.39. The monoisotopic (exact) mass is 356 g/mol. The number of carbonyl (C=O) groups is 1. The average Bonchev–Trinajstić information content (AvgIpc) is 2.64. The molecule has 4 nitrogen and oxygen atoms in total. The molecule has 2 aromatic carbocycles. The molecule has 132 valence electrons. The minimum atomic E-state index is -0.0841. The molecule has 0 spiro atoms. The third kappa shape index (κ3) is 7.90. The second-order valence-corrected chi connectivity index (χ2v) is 6.64. The lowest BCUT2D eigenvalue weighted by Gasteiger charge is -2.05. The van der Waals surface area contributed by atoms with Gasteiger partial charge in [-0.05, 0) is 48.4 Å². The van der Waals surface area contributed by atoms with Crippen molar-refractivity contribution in [1.29, 1.82) is 0 Å². The zero-order chi connectivity index (χ0) is 17.7. The summed E-state index contributed by atoms with van der Waals surface area (Å²) < 4.78 is 5.61. The van der Waals surface area contributed by atoms with Gasteiger partial charge in [0.2, 0.25) is 5.91 Å². The standard InChI is InChI=1S/C20H24N2O2S/c1-2-3-14-24-18-11-9-17(10-12-18)16-21-22-20(23)13-15-25-19-7-5-4-6-8-19/h4-12,16H,2-3,13-15H2,1H3,(H,22,23)/b21-16+. The van der Waals surface area contributed by atoms with Crippen molar-refractivity contribution in [2.75, 3.05) is 12.4 Å². The molecule has 0 unspecified atom stereocenters. The number of nitrogens with one attached hydrogen (secondary N) is 1. The van der Waals surface area contributed by atoms with Crippen LogP contribution >= 0.6 is 11.8 Å². The van der Waals surface area contributed by atoms with E-state index in [1.165, 1.54) is 4.90 Å². The first-order valence-corrected chi connectivity index (χ1v) is 9.49. The Labute approximate surface area is 153 Å². The van der Waals surface area contributed by atoms with Gasteiger partial charge in [0.1, 0.15) is 5.75 Å². The molecule has 0 aliphatic heterocycles. The molecule has 2 aromatic rings. The van der Waals surface area contributed by atoms with Crippen molar-refractivity contribution in [2.24, 2.45) is 5.10 Å². The topological polar surface area (TPSA) is 50.7 Å². The Balaban J connectivity index is 1.66. The molecule has 0 saturated carbocycles. The van der Waals surface area contributed by atoms with E-state index in [2.05, 4.69) is 17.5 Å². The number of hydrazone groups is 1. The van der Waals surface area contributed by atoms with Crippen LogP contribution in [-0.4, -0.2) is 24.5 Å². The molecule has 1 amide bonds. The van der Waals surface area contributed by atoms with Crippen molar-refractivity contribution in [3.8, 4) is 5.75 Å². The first kappa shape index (κ1) is 19.1. The van der Waals surface area contributed by atoms with Gasteiger partial charge in [0, 0.05) is 17.1 Å². The van der Waals surface area contributed by atoms with Crippen LogP contribution in [0, 0.1) is 0 Å². The van der Waals surface area contributed by atoms with Crippen LogP contribution in [0.4, 0.5) is 0 Å². The van der Waals surface area contributed by atoms with Crippen LogP contribution in [-0.2, 0) is 4.79 Å². The predicted molar refractivity (Wildman–Crippen MR) is 104 cm³/mol. The maximum atomic E-state index is 11.8. The normalized spacial score (nSPS) is 10.8. The number of benzene rings is 2. The Bertz CT molecular complexity index is 657. The van der Waals surface area contributed by atoms with Crippen LogP contribution < -0.4 is 10.2 Å². The van der Waals surface area contributed by atoms with Gasteiger partial charge in [-0.2, -0.15) is 5.10 Å². The summed E-state index contributed by atoms with van der Waals surface area (Å²) in [5, 5.41) is 4.00. The molecule has 0 bridgehead atoms. The molecule has 0 radical (unpaired) electrons.